The number of ether oxygens (including phenoxy) is 2. The van der Waals surface area contributed by atoms with Gasteiger partial charge in [-0.05, 0) is 55.7 Å². The molecule has 0 unspecified atom stereocenters. The van der Waals surface area contributed by atoms with Gasteiger partial charge in [0.2, 0.25) is 0 Å². The highest BCUT2D eigenvalue weighted by Gasteiger charge is 2.70. The SMILES string of the molecule is CC(F)(F)OC1CC(c2cc(C34CC(CC(=O)[C@@H]5C[C@@H](O)c6cc(Cl)ccc6O5)(C3)C4)on2)C1. The summed E-state index contributed by atoms with van der Waals surface area (Å²) >= 11 is 6.00. The summed E-state index contributed by atoms with van der Waals surface area (Å²) in [5.74, 6) is 1.44. The Morgan fingerprint density at radius 2 is 2.00 bits per heavy atom. The van der Waals surface area contributed by atoms with Crippen LogP contribution in [0.5, 0.6) is 5.75 Å². The smallest absolute Gasteiger partial charge is 0.353 e. The second-order valence-electron chi connectivity index (χ2n) is 10.8. The third kappa shape index (κ3) is 3.74. The lowest BCUT2D eigenvalue weighted by atomic mass is 9.33. The zero-order chi connectivity index (χ0) is 23.9. The molecule has 9 heteroatoms. The number of carbonyl (C=O) groups is 1. The number of fused-ring (bicyclic) bond motifs is 1. The largest absolute Gasteiger partial charge is 0.482 e. The van der Waals surface area contributed by atoms with Crippen LogP contribution in [-0.4, -0.2) is 34.4 Å². The van der Waals surface area contributed by atoms with Gasteiger partial charge in [-0.2, -0.15) is 8.78 Å². The van der Waals surface area contributed by atoms with Crippen molar-refractivity contribution in [3.8, 4) is 5.75 Å². The highest BCUT2D eigenvalue weighted by molar-refractivity contribution is 6.30. The molecule has 2 heterocycles. The predicted molar refractivity (Wildman–Crippen MR) is 117 cm³/mol. The summed E-state index contributed by atoms with van der Waals surface area (Å²) in [6.45, 7) is 0.759. The molecule has 0 amide bonds. The van der Waals surface area contributed by atoms with Gasteiger partial charge in [-0.25, -0.2) is 0 Å². The number of hydrogen-bond acceptors (Lipinski definition) is 6. The molecule has 34 heavy (non-hydrogen) atoms. The number of aliphatic hydroxyl groups excluding tert-OH is 1. The number of alkyl halides is 2. The van der Waals surface area contributed by atoms with Crippen LogP contribution in [0.1, 0.15) is 80.9 Å². The molecule has 0 radical (unpaired) electrons. The molecular formula is C25H26ClF2NO5. The number of hydrogen-bond donors (Lipinski definition) is 1. The molecule has 1 aromatic carbocycles. The van der Waals surface area contributed by atoms with E-state index in [1.54, 1.807) is 18.2 Å². The normalized spacial score (nSPS) is 35.9. The molecule has 0 saturated heterocycles. The predicted octanol–water partition coefficient (Wildman–Crippen LogP) is 5.47. The van der Waals surface area contributed by atoms with Crippen molar-refractivity contribution < 1.29 is 32.7 Å². The number of rotatable bonds is 7. The zero-order valence-corrected chi connectivity index (χ0v) is 19.5. The summed E-state index contributed by atoms with van der Waals surface area (Å²) in [6, 6.07) is 7.02. The number of aromatic nitrogens is 1. The van der Waals surface area contributed by atoms with Crippen LogP contribution >= 0.6 is 11.6 Å². The van der Waals surface area contributed by atoms with E-state index < -0.39 is 24.4 Å². The summed E-state index contributed by atoms with van der Waals surface area (Å²) < 4.78 is 42.2. The maximum absolute atomic E-state index is 13.0. The summed E-state index contributed by atoms with van der Waals surface area (Å²) in [4.78, 5) is 13.0. The maximum atomic E-state index is 13.0. The highest BCUT2D eigenvalue weighted by atomic mass is 35.5. The van der Waals surface area contributed by atoms with E-state index in [1.807, 2.05) is 6.07 Å². The number of halogens is 3. The lowest BCUT2D eigenvalue weighted by Crippen LogP contribution is -2.65. The van der Waals surface area contributed by atoms with Gasteiger partial charge >= 0.3 is 6.11 Å². The average Bonchev–Trinajstić information content (AvgIpc) is 3.14. The molecule has 0 spiro atoms. The quantitative estimate of drug-likeness (QED) is 0.551. The summed E-state index contributed by atoms with van der Waals surface area (Å²) in [5, 5.41) is 15.2. The van der Waals surface area contributed by atoms with Crippen molar-refractivity contribution >= 4 is 17.4 Å². The standard InChI is InChI=1S/C25H26ClF2NO5/c1-23(27,28)33-15-4-13(5-15)17-7-22(34-29-17)25-10-24(11-25,12-25)9-19(31)21-8-18(30)16-6-14(26)2-3-20(16)32-21/h2-3,6-7,13,15,18,21,30H,4-5,8-12H2,1H3/t13?,15?,18-,21+,24?,25?/m1/s1. The molecular weight excluding hydrogens is 468 g/mol. The van der Waals surface area contributed by atoms with Crippen molar-refractivity contribution in [3.63, 3.8) is 0 Å². The molecule has 4 saturated carbocycles. The first-order valence-electron chi connectivity index (χ1n) is 11.7. The Kier molecular flexibility index (Phi) is 4.94. The fourth-order valence-electron chi connectivity index (χ4n) is 6.47. The van der Waals surface area contributed by atoms with E-state index in [-0.39, 0.29) is 29.0 Å². The van der Waals surface area contributed by atoms with E-state index in [4.69, 9.17) is 25.6 Å². The third-order valence-electron chi connectivity index (χ3n) is 8.02. The molecule has 5 aliphatic rings. The second-order valence-corrected chi connectivity index (χ2v) is 11.3. The van der Waals surface area contributed by atoms with Crippen LogP contribution in [-0.2, 0) is 14.9 Å². The molecule has 2 aromatic rings. The van der Waals surface area contributed by atoms with Gasteiger partial charge in [0.05, 0.1) is 17.9 Å². The van der Waals surface area contributed by atoms with E-state index in [0.717, 1.165) is 37.6 Å². The van der Waals surface area contributed by atoms with E-state index in [1.165, 1.54) is 0 Å². The summed E-state index contributed by atoms with van der Waals surface area (Å²) in [6.07, 6.45) is -0.719. The van der Waals surface area contributed by atoms with E-state index in [9.17, 15) is 18.7 Å². The first kappa shape index (κ1) is 22.4. The van der Waals surface area contributed by atoms with Crippen molar-refractivity contribution in [1.29, 1.82) is 0 Å². The topological polar surface area (TPSA) is 81.8 Å². The number of nitrogens with zero attached hydrogens (tertiary/aromatic N) is 1. The zero-order valence-electron chi connectivity index (χ0n) is 18.7. The maximum Gasteiger partial charge on any atom is 0.353 e. The molecule has 182 valence electrons. The van der Waals surface area contributed by atoms with Crippen LogP contribution in [0.15, 0.2) is 28.8 Å². The molecule has 6 nitrogen and oxygen atoms in total. The lowest BCUT2D eigenvalue weighted by molar-refractivity contribution is -0.264. The minimum atomic E-state index is -3.11. The Bertz CT molecular complexity index is 1120. The summed E-state index contributed by atoms with van der Waals surface area (Å²) in [7, 11) is 0. The van der Waals surface area contributed by atoms with Crippen LogP contribution in [0.4, 0.5) is 8.78 Å². The Hall–Kier alpha value is -2.03. The highest BCUT2D eigenvalue weighted by Crippen LogP contribution is 2.75. The van der Waals surface area contributed by atoms with Gasteiger partial charge in [0.15, 0.2) is 11.9 Å². The van der Waals surface area contributed by atoms with Crippen LogP contribution in [0.25, 0.3) is 0 Å². The monoisotopic (exact) mass is 493 g/mol. The number of ketones is 1. The second kappa shape index (κ2) is 7.48. The lowest BCUT2D eigenvalue weighted by Gasteiger charge is -2.69. The van der Waals surface area contributed by atoms with E-state index in [2.05, 4.69) is 5.16 Å². The fourth-order valence-corrected chi connectivity index (χ4v) is 6.65. The van der Waals surface area contributed by atoms with Crippen molar-refractivity contribution in [2.24, 2.45) is 5.41 Å². The molecule has 4 aliphatic carbocycles. The number of benzene rings is 1. The van der Waals surface area contributed by atoms with Crippen molar-refractivity contribution in [3.05, 3.63) is 46.3 Å². The van der Waals surface area contributed by atoms with Gasteiger partial charge in [-0.15, -0.1) is 0 Å². The number of Topliss-reactive ketones (excluding diaryl/α,β-unsaturated/α-hetero) is 1. The van der Waals surface area contributed by atoms with Crippen LogP contribution < -0.4 is 4.74 Å². The Balaban J connectivity index is 1.03. The molecule has 1 aromatic heterocycles. The van der Waals surface area contributed by atoms with Gasteiger partial charge in [0.25, 0.3) is 0 Å². The Morgan fingerprint density at radius 3 is 2.71 bits per heavy atom. The minimum absolute atomic E-state index is 0.0134. The number of carbonyl (C=O) groups excluding carboxylic acids is 1. The Labute approximate surface area is 200 Å². The van der Waals surface area contributed by atoms with Gasteiger partial charge in [-0.1, -0.05) is 16.8 Å². The first-order chi connectivity index (χ1) is 16.0. The number of aliphatic hydroxyl groups is 1. The van der Waals surface area contributed by atoms with Crippen molar-refractivity contribution in [2.45, 2.75) is 87.6 Å². The first-order valence-corrected chi connectivity index (χ1v) is 12.1. The molecule has 1 N–H and O–H groups in total. The average molecular weight is 494 g/mol. The molecule has 2 bridgehead atoms. The van der Waals surface area contributed by atoms with E-state index in [0.29, 0.717) is 35.6 Å². The van der Waals surface area contributed by atoms with Gasteiger partial charge < -0.3 is 19.1 Å². The summed E-state index contributed by atoms with van der Waals surface area (Å²) in [5.41, 5.74) is 1.31. The minimum Gasteiger partial charge on any atom is -0.482 e. The Morgan fingerprint density at radius 1 is 1.26 bits per heavy atom. The van der Waals surface area contributed by atoms with Crippen LogP contribution in [0.2, 0.25) is 5.02 Å². The third-order valence-corrected chi connectivity index (χ3v) is 8.26. The van der Waals surface area contributed by atoms with Crippen LogP contribution in [0, 0.1) is 5.41 Å². The molecule has 2 atom stereocenters. The molecule has 4 fully saturated rings. The van der Waals surface area contributed by atoms with Crippen LogP contribution in [0.3, 0.4) is 0 Å². The van der Waals surface area contributed by atoms with Crippen molar-refractivity contribution in [2.75, 3.05) is 0 Å². The van der Waals surface area contributed by atoms with E-state index >= 15 is 0 Å². The van der Waals surface area contributed by atoms with Gasteiger partial charge in [0, 0.05) is 47.8 Å². The fraction of sp³-hybridized carbons (Fsp3) is 0.600. The van der Waals surface area contributed by atoms with Gasteiger partial charge in [-0.3, -0.25) is 4.79 Å². The van der Waals surface area contributed by atoms with Gasteiger partial charge in [0.1, 0.15) is 11.5 Å². The molecule has 7 rings (SSSR count). The van der Waals surface area contributed by atoms with Crippen molar-refractivity contribution in [1.82, 2.24) is 5.16 Å². The molecule has 1 aliphatic heterocycles.